The third-order valence-electron chi connectivity index (χ3n) is 4.29. The molecule has 0 fully saturated rings. The minimum atomic E-state index is 0. The number of ether oxygens (including phenoxy) is 1. The largest absolute Gasteiger partial charge is 0.486 e. The standard InChI is InChI=1S/C19H16N6OS.ClH/c1-13-5-4-6-14(9-13)26-11-18-23-25-17(21-22-19(25)27-18)10-24-12-20-15-7-2-3-8-16(15)24;/h2-9,12H,10-11H2,1H3;1H. The number of aryl methyl sites for hydroxylation is 1. The van der Waals surface area contributed by atoms with E-state index < -0.39 is 0 Å². The molecular formula is C19H17ClN6OS. The van der Waals surface area contributed by atoms with Crippen molar-refractivity contribution in [3.63, 3.8) is 0 Å². The topological polar surface area (TPSA) is 70.1 Å². The van der Waals surface area contributed by atoms with Gasteiger partial charge in [0, 0.05) is 0 Å². The number of aromatic nitrogens is 6. The molecule has 7 nitrogen and oxygen atoms in total. The van der Waals surface area contributed by atoms with Crippen molar-refractivity contribution >= 4 is 39.7 Å². The fourth-order valence-corrected chi connectivity index (χ4v) is 3.76. The second-order valence-electron chi connectivity index (χ2n) is 6.27. The third-order valence-corrected chi connectivity index (χ3v) is 5.16. The summed E-state index contributed by atoms with van der Waals surface area (Å²) >= 11 is 1.49. The Hall–Kier alpha value is -2.97. The molecule has 142 valence electrons. The van der Waals surface area contributed by atoms with Crippen molar-refractivity contribution in [2.24, 2.45) is 0 Å². The van der Waals surface area contributed by atoms with E-state index in [-0.39, 0.29) is 12.4 Å². The monoisotopic (exact) mass is 412 g/mol. The summed E-state index contributed by atoms with van der Waals surface area (Å²) in [5.41, 5.74) is 3.19. The van der Waals surface area contributed by atoms with Gasteiger partial charge in [0.25, 0.3) is 0 Å². The fraction of sp³-hybridized carbons (Fsp3) is 0.158. The van der Waals surface area contributed by atoms with Crippen molar-refractivity contribution in [2.75, 3.05) is 0 Å². The Morgan fingerprint density at radius 1 is 1.07 bits per heavy atom. The van der Waals surface area contributed by atoms with Gasteiger partial charge in [0.2, 0.25) is 4.96 Å². The quantitative estimate of drug-likeness (QED) is 0.438. The summed E-state index contributed by atoms with van der Waals surface area (Å²) in [5.74, 6) is 1.61. The number of halogens is 1. The van der Waals surface area contributed by atoms with E-state index in [4.69, 9.17) is 4.74 Å². The average Bonchev–Trinajstić information content (AvgIpc) is 3.36. The smallest absolute Gasteiger partial charge is 0.234 e. The first-order valence-electron chi connectivity index (χ1n) is 8.55. The minimum Gasteiger partial charge on any atom is -0.486 e. The molecule has 0 bridgehead atoms. The van der Waals surface area contributed by atoms with Crippen molar-refractivity contribution in [2.45, 2.75) is 20.1 Å². The zero-order valence-corrected chi connectivity index (χ0v) is 16.7. The van der Waals surface area contributed by atoms with E-state index >= 15 is 0 Å². The molecule has 0 amide bonds. The van der Waals surface area contributed by atoms with Crippen LogP contribution in [0.1, 0.15) is 16.4 Å². The molecule has 3 heterocycles. The Bertz CT molecular complexity index is 1240. The van der Waals surface area contributed by atoms with Crippen LogP contribution in [0.25, 0.3) is 16.0 Å². The number of para-hydroxylation sites is 2. The molecule has 2 aromatic carbocycles. The van der Waals surface area contributed by atoms with Crippen LogP contribution in [-0.2, 0) is 13.2 Å². The number of rotatable bonds is 5. The maximum Gasteiger partial charge on any atom is 0.234 e. The molecule has 0 saturated heterocycles. The van der Waals surface area contributed by atoms with E-state index in [1.165, 1.54) is 16.9 Å². The third kappa shape index (κ3) is 3.44. The van der Waals surface area contributed by atoms with Crippen LogP contribution >= 0.6 is 23.7 Å². The Balaban J connectivity index is 0.00000192. The van der Waals surface area contributed by atoms with E-state index in [2.05, 4.69) is 20.3 Å². The molecule has 28 heavy (non-hydrogen) atoms. The Morgan fingerprint density at radius 2 is 1.96 bits per heavy atom. The molecule has 0 aliphatic rings. The normalized spacial score (nSPS) is 11.0. The van der Waals surface area contributed by atoms with Crippen LogP contribution in [0.5, 0.6) is 5.75 Å². The molecular weight excluding hydrogens is 396 g/mol. The second kappa shape index (κ2) is 7.57. The summed E-state index contributed by atoms with van der Waals surface area (Å²) in [4.78, 5) is 5.18. The van der Waals surface area contributed by atoms with Crippen LogP contribution in [0.2, 0.25) is 0 Å². The van der Waals surface area contributed by atoms with E-state index in [0.29, 0.717) is 13.2 Å². The number of nitrogens with zero attached hydrogens (tertiary/aromatic N) is 6. The molecule has 0 aliphatic carbocycles. The van der Waals surface area contributed by atoms with Gasteiger partial charge in [-0.1, -0.05) is 35.6 Å². The van der Waals surface area contributed by atoms with Crippen LogP contribution in [0, 0.1) is 6.92 Å². The van der Waals surface area contributed by atoms with E-state index in [9.17, 15) is 0 Å². The molecule has 0 spiro atoms. The molecule has 3 aromatic heterocycles. The molecule has 0 unspecified atom stereocenters. The van der Waals surface area contributed by atoms with Gasteiger partial charge in [-0.25, -0.2) is 4.98 Å². The Labute approximate surface area is 171 Å². The number of hydrogen-bond acceptors (Lipinski definition) is 6. The van der Waals surface area contributed by atoms with Crippen LogP contribution in [-0.4, -0.2) is 29.4 Å². The van der Waals surface area contributed by atoms with Crippen LogP contribution in [0.3, 0.4) is 0 Å². The highest BCUT2D eigenvalue weighted by Crippen LogP contribution is 2.19. The molecule has 9 heteroatoms. The van der Waals surface area contributed by atoms with Crippen LogP contribution in [0.4, 0.5) is 0 Å². The van der Waals surface area contributed by atoms with Crippen LogP contribution in [0.15, 0.2) is 54.9 Å². The number of fused-ring (bicyclic) bond motifs is 2. The van der Waals surface area contributed by atoms with E-state index in [0.717, 1.165) is 32.6 Å². The Morgan fingerprint density at radius 3 is 2.86 bits per heavy atom. The maximum atomic E-state index is 5.85. The first kappa shape index (κ1) is 18.4. The molecule has 0 atom stereocenters. The van der Waals surface area contributed by atoms with Gasteiger partial charge < -0.3 is 9.30 Å². The highest BCUT2D eigenvalue weighted by Gasteiger charge is 2.13. The number of benzene rings is 2. The molecule has 0 N–H and O–H groups in total. The van der Waals surface area contributed by atoms with Gasteiger partial charge in [-0.2, -0.15) is 9.61 Å². The summed E-state index contributed by atoms with van der Waals surface area (Å²) in [5, 5.41) is 14.0. The average molecular weight is 413 g/mol. The predicted octanol–water partition coefficient (Wildman–Crippen LogP) is 3.89. The fourth-order valence-electron chi connectivity index (χ4n) is 2.99. The summed E-state index contributed by atoms with van der Waals surface area (Å²) < 4.78 is 9.68. The summed E-state index contributed by atoms with van der Waals surface area (Å²) in [7, 11) is 0. The summed E-state index contributed by atoms with van der Waals surface area (Å²) in [6, 6.07) is 16.0. The summed E-state index contributed by atoms with van der Waals surface area (Å²) in [6.07, 6.45) is 1.82. The van der Waals surface area contributed by atoms with Gasteiger partial charge in [0.1, 0.15) is 12.4 Å². The van der Waals surface area contributed by atoms with Gasteiger partial charge in [-0.15, -0.1) is 22.6 Å². The van der Waals surface area contributed by atoms with Gasteiger partial charge in [-0.3, -0.25) is 0 Å². The first-order valence-corrected chi connectivity index (χ1v) is 9.37. The highest BCUT2D eigenvalue weighted by atomic mass is 35.5. The van der Waals surface area contributed by atoms with Crippen molar-refractivity contribution < 1.29 is 4.74 Å². The maximum absolute atomic E-state index is 5.85. The first-order chi connectivity index (χ1) is 13.3. The van der Waals surface area contributed by atoms with Gasteiger partial charge >= 0.3 is 0 Å². The molecule has 5 aromatic rings. The van der Waals surface area contributed by atoms with Gasteiger partial charge in [-0.05, 0) is 36.8 Å². The lowest BCUT2D eigenvalue weighted by molar-refractivity contribution is 0.303. The van der Waals surface area contributed by atoms with Crippen molar-refractivity contribution in [3.8, 4) is 5.75 Å². The van der Waals surface area contributed by atoms with Crippen molar-refractivity contribution in [3.05, 3.63) is 71.3 Å². The van der Waals surface area contributed by atoms with Crippen LogP contribution < -0.4 is 4.74 Å². The van der Waals surface area contributed by atoms with Gasteiger partial charge in [0.05, 0.1) is 23.9 Å². The predicted molar refractivity (Wildman–Crippen MR) is 110 cm³/mol. The molecule has 0 radical (unpaired) electrons. The lowest BCUT2D eigenvalue weighted by Gasteiger charge is -2.04. The highest BCUT2D eigenvalue weighted by molar-refractivity contribution is 7.16. The lowest BCUT2D eigenvalue weighted by Crippen LogP contribution is -2.05. The molecule has 0 aliphatic heterocycles. The lowest BCUT2D eigenvalue weighted by atomic mass is 10.2. The van der Waals surface area contributed by atoms with Crippen molar-refractivity contribution in [1.82, 2.24) is 29.4 Å². The summed E-state index contributed by atoms with van der Waals surface area (Å²) in [6.45, 7) is 3.01. The zero-order chi connectivity index (χ0) is 18.2. The van der Waals surface area contributed by atoms with E-state index in [1.807, 2.05) is 66.3 Å². The zero-order valence-electron chi connectivity index (χ0n) is 15.0. The molecule has 5 rings (SSSR count). The van der Waals surface area contributed by atoms with E-state index in [1.54, 1.807) is 4.52 Å². The van der Waals surface area contributed by atoms with Crippen molar-refractivity contribution in [1.29, 1.82) is 0 Å². The number of hydrogen-bond donors (Lipinski definition) is 0. The van der Waals surface area contributed by atoms with Gasteiger partial charge in [0.15, 0.2) is 10.8 Å². The second-order valence-corrected chi connectivity index (χ2v) is 7.31. The molecule has 0 saturated carbocycles. The number of imidazole rings is 1. The SMILES string of the molecule is Cc1cccc(OCc2nn3c(Cn4cnc5ccccc54)nnc3s2)c1.Cl. The Kier molecular flexibility index (Phi) is 4.97. The minimum absolute atomic E-state index is 0.